The Kier molecular flexibility index (Phi) is 28.2. The molecule has 0 bridgehead atoms. The van der Waals surface area contributed by atoms with Gasteiger partial charge in [0, 0.05) is 0 Å². The Balaban J connectivity index is -0.0000000702. The summed E-state index contributed by atoms with van der Waals surface area (Å²) in [4.78, 5) is 37.4. The van der Waals surface area contributed by atoms with E-state index in [2.05, 4.69) is 0 Å². The topological polar surface area (TPSA) is 241 Å². The largest absolute Gasteiger partial charge is 4.00 e. The molecule has 0 spiro atoms. The van der Waals surface area contributed by atoms with Gasteiger partial charge >= 0.3 is 19.5 Å². The second-order valence-corrected chi connectivity index (χ2v) is 3.98. The Labute approximate surface area is 156 Å². The zero-order valence-electron chi connectivity index (χ0n) is 13.7. The van der Waals surface area contributed by atoms with Gasteiger partial charge in [-0.05, 0) is 27.7 Å². The van der Waals surface area contributed by atoms with Crippen molar-refractivity contribution in [2.75, 3.05) is 0 Å². The molecule has 0 aromatic carbocycles. The summed E-state index contributed by atoms with van der Waals surface area (Å²) in [5.74, 6) is -5.74. The standard InChI is InChI=1S/4C3H6O3.Ru/c4*1-2(4)3(5)6;/h4*2,4H,1H3,(H,5,6);/q;;;;+4/p-4. The molecule has 0 aliphatic carbocycles. The molecule has 25 heavy (non-hydrogen) atoms. The molecular weight excluding hydrogens is 437 g/mol. The summed E-state index contributed by atoms with van der Waals surface area (Å²) in [7, 11) is 0. The van der Waals surface area contributed by atoms with Gasteiger partial charge in [0.1, 0.15) is 0 Å². The molecule has 0 aromatic heterocycles. The Morgan fingerprint density at radius 2 is 0.560 bits per heavy atom. The molecule has 13 heteroatoms. The maximum atomic E-state index is 9.34. The molecule has 0 amide bonds. The van der Waals surface area contributed by atoms with E-state index in [1.54, 1.807) is 0 Å². The number of carbonyl (C=O) groups excluding carboxylic acids is 4. The number of aliphatic carboxylic acids is 4. The van der Waals surface area contributed by atoms with Crippen LogP contribution >= 0.6 is 0 Å². The van der Waals surface area contributed by atoms with Gasteiger partial charge in [0.2, 0.25) is 0 Å². The van der Waals surface area contributed by atoms with E-state index in [1.165, 1.54) is 0 Å². The van der Waals surface area contributed by atoms with E-state index in [0.717, 1.165) is 27.7 Å². The molecule has 12 nitrogen and oxygen atoms in total. The molecule has 0 saturated heterocycles. The van der Waals surface area contributed by atoms with Crippen LogP contribution in [-0.4, -0.2) is 68.7 Å². The van der Waals surface area contributed by atoms with Crippen LogP contribution in [-0.2, 0) is 38.7 Å². The van der Waals surface area contributed by atoms with Crippen LogP contribution in [0.1, 0.15) is 27.7 Å². The molecule has 0 aliphatic rings. The maximum Gasteiger partial charge on any atom is 4.00 e. The molecular formula is C12H20O12Ru. The third-order valence-electron chi connectivity index (χ3n) is 1.36. The van der Waals surface area contributed by atoms with Gasteiger partial charge in [-0.1, -0.05) is 0 Å². The number of aliphatic hydroxyl groups is 4. The van der Waals surface area contributed by atoms with E-state index in [9.17, 15) is 39.6 Å². The Morgan fingerprint density at radius 3 is 0.560 bits per heavy atom. The normalized spacial score (nSPS) is 13.1. The first-order chi connectivity index (χ1) is 10.6. The predicted molar refractivity (Wildman–Crippen MR) is 66.8 cm³/mol. The summed E-state index contributed by atoms with van der Waals surface area (Å²) in [6, 6.07) is 0. The first-order valence-corrected chi connectivity index (χ1v) is 6.13. The van der Waals surface area contributed by atoms with Crippen molar-refractivity contribution >= 4 is 23.9 Å². The minimum atomic E-state index is -1.44. The van der Waals surface area contributed by atoms with Crippen molar-refractivity contribution in [1.29, 1.82) is 0 Å². The molecule has 4 atom stereocenters. The van der Waals surface area contributed by atoms with Crippen LogP contribution in [0, 0.1) is 0 Å². The number of hydrogen-bond donors (Lipinski definition) is 4. The first kappa shape index (κ1) is 34.6. The minimum absolute atomic E-state index is 0. The molecule has 4 N–H and O–H groups in total. The minimum Gasteiger partial charge on any atom is -0.547 e. The molecule has 0 saturated carbocycles. The summed E-state index contributed by atoms with van der Waals surface area (Å²) in [6.07, 6.45) is -5.37. The molecule has 0 rings (SSSR count). The van der Waals surface area contributed by atoms with Crippen LogP contribution < -0.4 is 20.4 Å². The smallest absolute Gasteiger partial charge is 0.547 e. The molecule has 0 aliphatic heterocycles. The van der Waals surface area contributed by atoms with Crippen molar-refractivity contribution < 1.29 is 79.5 Å². The van der Waals surface area contributed by atoms with E-state index in [1.807, 2.05) is 0 Å². The number of hydrogen-bond acceptors (Lipinski definition) is 12. The summed E-state index contributed by atoms with van der Waals surface area (Å²) in [5.41, 5.74) is 0. The molecule has 4 unspecified atom stereocenters. The fraction of sp³-hybridized carbons (Fsp3) is 0.667. The SMILES string of the molecule is CC(O)C(=O)[O-].CC(O)C(=O)[O-].CC(O)C(=O)[O-].CC(O)C(=O)[O-].[Ru+4]. The zero-order chi connectivity index (χ0) is 20.6. The first-order valence-electron chi connectivity index (χ1n) is 6.13. The van der Waals surface area contributed by atoms with Gasteiger partial charge in [0.15, 0.2) is 0 Å². The Hall–Kier alpha value is -1.66. The molecule has 0 aromatic rings. The molecule has 0 fully saturated rings. The zero-order valence-corrected chi connectivity index (χ0v) is 15.5. The van der Waals surface area contributed by atoms with E-state index < -0.39 is 48.3 Å². The van der Waals surface area contributed by atoms with E-state index in [4.69, 9.17) is 20.4 Å². The quantitative estimate of drug-likeness (QED) is 0.288. The summed E-state index contributed by atoms with van der Waals surface area (Å²) in [6.45, 7) is 4.54. The van der Waals surface area contributed by atoms with Crippen LogP contribution in [0.2, 0.25) is 0 Å². The second-order valence-electron chi connectivity index (χ2n) is 3.98. The monoisotopic (exact) mass is 458 g/mol. The van der Waals surface area contributed by atoms with Crippen LogP contribution in [0.25, 0.3) is 0 Å². The van der Waals surface area contributed by atoms with E-state index in [-0.39, 0.29) is 19.5 Å². The molecule has 0 heterocycles. The van der Waals surface area contributed by atoms with Crippen molar-refractivity contribution in [3.8, 4) is 0 Å². The van der Waals surface area contributed by atoms with Crippen molar-refractivity contribution in [3.63, 3.8) is 0 Å². The average Bonchev–Trinajstić information content (AvgIpc) is 2.40. The number of rotatable bonds is 4. The second kappa shape index (κ2) is 20.4. The predicted octanol–water partition coefficient (Wildman–Crippen LogP) is -7.53. The van der Waals surface area contributed by atoms with Crippen LogP contribution in [0.3, 0.4) is 0 Å². The van der Waals surface area contributed by atoms with Gasteiger partial charge in [-0.3, -0.25) is 0 Å². The average molecular weight is 457 g/mol. The van der Waals surface area contributed by atoms with Crippen molar-refractivity contribution in [2.24, 2.45) is 0 Å². The van der Waals surface area contributed by atoms with Crippen LogP contribution in [0.4, 0.5) is 0 Å². The van der Waals surface area contributed by atoms with Gasteiger partial charge < -0.3 is 60.0 Å². The summed E-state index contributed by atoms with van der Waals surface area (Å²) < 4.78 is 0. The third kappa shape index (κ3) is 44.9. The van der Waals surface area contributed by atoms with Crippen LogP contribution in [0.15, 0.2) is 0 Å². The fourth-order valence-electron chi connectivity index (χ4n) is 0. The molecule has 0 radical (unpaired) electrons. The molecule has 148 valence electrons. The third-order valence-corrected chi connectivity index (χ3v) is 1.36. The summed E-state index contributed by atoms with van der Waals surface area (Å²) in [5, 5.41) is 69.2. The van der Waals surface area contributed by atoms with Crippen molar-refractivity contribution in [1.82, 2.24) is 0 Å². The van der Waals surface area contributed by atoms with Gasteiger partial charge in [0.05, 0.1) is 48.3 Å². The Morgan fingerprint density at radius 1 is 0.520 bits per heavy atom. The van der Waals surface area contributed by atoms with Crippen molar-refractivity contribution in [2.45, 2.75) is 52.1 Å². The fourth-order valence-corrected chi connectivity index (χ4v) is 0. The number of carboxylic acid groups (broad SMARTS) is 4. The number of aliphatic hydroxyl groups excluding tert-OH is 4. The van der Waals surface area contributed by atoms with Gasteiger partial charge in [-0.15, -0.1) is 0 Å². The van der Waals surface area contributed by atoms with E-state index in [0.29, 0.717) is 0 Å². The van der Waals surface area contributed by atoms with Gasteiger partial charge in [0.25, 0.3) is 0 Å². The number of carbonyl (C=O) groups is 4. The van der Waals surface area contributed by atoms with Crippen LogP contribution in [0.5, 0.6) is 0 Å². The Bertz CT molecular complexity index is 306. The van der Waals surface area contributed by atoms with Crippen molar-refractivity contribution in [3.05, 3.63) is 0 Å². The summed E-state index contributed by atoms with van der Waals surface area (Å²) >= 11 is 0. The van der Waals surface area contributed by atoms with E-state index >= 15 is 0 Å². The van der Waals surface area contributed by atoms with Gasteiger partial charge in [-0.2, -0.15) is 0 Å². The maximum absolute atomic E-state index is 9.34. The number of carboxylic acids is 4. The van der Waals surface area contributed by atoms with Gasteiger partial charge in [-0.25, -0.2) is 0 Å².